The molecular weight excluding hydrogens is 330 g/mol. The summed E-state index contributed by atoms with van der Waals surface area (Å²) in [6, 6.07) is 8.39. The van der Waals surface area contributed by atoms with E-state index in [1.54, 1.807) is 0 Å². The topological polar surface area (TPSA) is 46.1 Å². The molecule has 0 unspecified atom stereocenters. The van der Waals surface area contributed by atoms with E-state index >= 15 is 0 Å². The van der Waals surface area contributed by atoms with E-state index < -0.39 is 0 Å². The van der Waals surface area contributed by atoms with Crippen molar-refractivity contribution in [1.29, 1.82) is 0 Å². The normalized spacial score (nSPS) is 16.4. The van der Waals surface area contributed by atoms with E-state index in [-0.39, 0.29) is 5.92 Å². The van der Waals surface area contributed by atoms with Crippen molar-refractivity contribution in [3.63, 3.8) is 0 Å². The van der Waals surface area contributed by atoms with Gasteiger partial charge in [-0.05, 0) is 67.6 Å². The van der Waals surface area contributed by atoms with Crippen LogP contribution in [-0.2, 0) is 11.2 Å². The van der Waals surface area contributed by atoms with E-state index in [0.29, 0.717) is 12.2 Å². The third kappa shape index (κ3) is 3.62. The van der Waals surface area contributed by atoms with Gasteiger partial charge in [0, 0.05) is 46.8 Å². The van der Waals surface area contributed by atoms with Crippen molar-refractivity contribution < 1.29 is 4.79 Å². The van der Waals surface area contributed by atoms with Gasteiger partial charge in [0.15, 0.2) is 0 Å². The third-order valence-electron chi connectivity index (χ3n) is 5.07. The van der Waals surface area contributed by atoms with Crippen LogP contribution in [-0.4, -0.2) is 40.2 Å². The van der Waals surface area contributed by atoms with Gasteiger partial charge < -0.3 is 4.90 Å². The molecule has 1 aromatic carbocycles. The van der Waals surface area contributed by atoms with Gasteiger partial charge in [0.05, 0.1) is 0 Å². The zero-order chi connectivity index (χ0) is 17.2. The number of carbonyl (C=O) groups excluding carboxylic acids is 1. The van der Waals surface area contributed by atoms with E-state index in [1.165, 1.54) is 11.5 Å². The largest absolute Gasteiger partial charge is 0.306 e. The Labute approximate surface area is 151 Å². The molecule has 0 atom stereocenters. The second-order valence-corrected chi connectivity index (χ2v) is 7.53. The summed E-state index contributed by atoms with van der Waals surface area (Å²) >= 11 is 1.46. The maximum absolute atomic E-state index is 12.6. The van der Waals surface area contributed by atoms with Gasteiger partial charge in [-0.15, -0.1) is 0 Å². The van der Waals surface area contributed by atoms with Crippen molar-refractivity contribution in [3.05, 3.63) is 47.7 Å². The Balaban J connectivity index is 1.54. The highest BCUT2D eigenvalue weighted by Gasteiger charge is 2.23. The highest BCUT2D eigenvalue weighted by molar-refractivity contribution is 7.03. The summed E-state index contributed by atoms with van der Waals surface area (Å²) in [7, 11) is 2.12. The van der Waals surface area contributed by atoms with Crippen LogP contribution in [0.3, 0.4) is 0 Å². The quantitative estimate of drug-likeness (QED) is 0.717. The first kappa shape index (κ1) is 16.4. The Kier molecular flexibility index (Phi) is 4.59. The monoisotopic (exact) mass is 351 g/mol. The number of rotatable bonds is 4. The molecule has 5 heteroatoms. The summed E-state index contributed by atoms with van der Waals surface area (Å²) in [5, 5.41) is 4.28. The van der Waals surface area contributed by atoms with Crippen molar-refractivity contribution in [2.45, 2.75) is 19.3 Å². The van der Waals surface area contributed by atoms with Gasteiger partial charge in [0.25, 0.3) is 0 Å². The Morgan fingerprint density at radius 2 is 2.00 bits per heavy atom. The average Bonchev–Trinajstić information content (AvgIpc) is 3.16. The lowest BCUT2D eigenvalue weighted by molar-refractivity contribution is -0.123. The van der Waals surface area contributed by atoms with E-state index in [4.69, 9.17) is 0 Å². The lowest BCUT2D eigenvalue weighted by Crippen LogP contribution is -2.34. The van der Waals surface area contributed by atoms with Crippen molar-refractivity contribution >= 4 is 28.1 Å². The van der Waals surface area contributed by atoms with Crippen molar-refractivity contribution in [2.24, 2.45) is 5.92 Å². The Hall–Kier alpha value is -2.11. The molecule has 4 nitrogen and oxygen atoms in total. The molecular formula is C20H21N3OS. The zero-order valence-corrected chi connectivity index (χ0v) is 15.1. The summed E-state index contributed by atoms with van der Waals surface area (Å²) in [5.41, 5.74) is 3.16. The number of fused-ring (bicyclic) bond motifs is 1. The molecule has 0 saturated carbocycles. The molecule has 0 aliphatic carbocycles. The maximum Gasteiger partial charge on any atom is 0.142 e. The molecule has 1 aliphatic heterocycles. The number of piperidine rings is 1. The Morgan fingerprint density at radius 3 is 2.76 bits per heavy atom. The number of ketones is 1. The van der Waals surface area contributed by atoms with Gasteiger partial charge in [-0.3, -0.25) is 9.78 Å². The summed E-state index contributed by atoms with van der Waals surface area (Å²) < 4.78 is 4.17. The number of nitrogens with zero attached hydrogens (tertiary/aromatic N) is 3. The lowest BCUT2D eigenvalue weighted by atomic mass is 9.90. The first-order valence-corrected chi connectivity index (χ1v) is 9.52. The molecule has 0 radical (unpaired) electrons. The van der Waals surface area contributed by atoms with E-state index in [0.717, 1.165) is 53.5 Å². The number of aromatic nitrogens is 2. The first-order valence-electron chi connectivity index (χ1n) is 8.69. The van der Waals surface area contributed by atoms with Gasteiger partial charge >= 0.3 is 0 Å². The van der Waals surface area contributed by atoms with Crippen LogP contribution in [0.25, 0.3) is 21.9 Å². The number of hydrogen-bond acceptors (Lipinski definition) is 5. The van der Waals surface area contributed by atoms with Crippen molar-refractivity contribution in [2.75, 3.05) is 20.1 Å². The smallest absolute Gasteiger partial charge is 0.142 e. The molecule has 0 spiro atoms. The highest BCUT2D eigenvalue weighted by atomic mass is 32.1. The second-order valence-electron chi connectivity index (χ2n) is 6.87. The van der Waals surface area contributed by atoms with Crippen molar-refractivity contribution in [1.82, 2.24) is 14.3 Å². The SMILES string of the molecule is CN1CCC(C(=O)Cc2cc3cc(-c4cnsc4)ccc3cn2)CC1. The molecule has 2 aromatic heterocycles. The molecule has 0 bridgehead atoms. The summed E-state index contributed by atoms with van der Waals surface area (Å²) in [5.74, 6) is 0.523. The molecule has 1 saturated heterocycles. The summed E-state index contributed by atoms with van der Waals surface area (Å²) in [4.78, 5) is 19.4. The molecule has 0 amide bonds. The minimum Gasteiger partial charge on any atom is -0.306 e. The number of pyridine rings is 1. The fourth-order valence-electron chi connectivity index (χ4n) is 3.46. The standard InChI is InChI=1S/C20H21N3OS/c1-23-6-4-14(5-7-23)20(24)10-19-9-17-8-15(18-12-22-25-13-18)2-3-16(17)11-21-19/h2-3,8-9,11-14H,4-7,10H2,1H3. The van der Waals surface area contributed by atoms with Gasteiger partial charge in [-0.25, -0.2) is 4.37 Å². The van der Waals surface area contributed by atoms with Gasteiger partial charge in [0.1, 0.15) is 5.78 Å². The minimum atomic E-state index is 0.192. The number of carbonyl (C=O) groups is 1. The molecule has 0 N–H and O–H groups in total. The third-order valence-corrected chi connectivity index (χ3v) is 5.66. The molecule has 4 rings (SSSR count). The van der Waals surface area contributed by atoms with Crippen LogP contribution in [0.15, 0.2) is 42.0 Å². The van der Waals surface area contributed by atoms with Crippen LogP contribution in [0.5, 0.6) is 0 Å². The van der Waals surface area contributed by atoms with E-state index in [2.05, 4.69) is 45.6 Å². The lowest BCUT2D eigenvalue weighted by Gasteiger charge is -2.27. The van der Waals surface area contributed by atoms with Crippen LogP contribution in [0, 0.1) is 5.92 Å². The van der Waals surface area contributed by atoms with Gasteiger partial charge in [-0.2, -0.15) is 0 Å². The summed E-state index contributed by atoms with van der Waals surface area (Å²) in [6.45, 7) is 2.03. The maximum atomic E-state index is 12.6. The second kappa shape index (κ2) is 7.02. The van der Waals surface area contributed by atoms with Crippen molar-refractivity contribution in [3.8, 4) is 11.1 Å². The van der Waals surface area contributed by atoms with Gasteiger partial charge in [0.2, 0.25) is 0 Å². The van der Waals surface area contributed by atoms with Crippen LogP contribution >= 0.6 is 11.5 Å². The predicted molar refractivity (Wildman–Crippen MR) is 102 cm³/mol. The molecule has 3 heterocycles. The average molecular weight is 351 g/mol. The molecule has 3 aromatic rings. The number of likely N-dealkylation sites (tertiary alicyclic amines) is 1. The first-order chi connectivity index (χ1) is 12.2. The van der Waals surface area contributed by atoms with Crippen LogP contribution in [0.4, 0.5) is 0 Å². The zero-order valence-electron chi connectivity index (χ0n) is 14.3. The highest BCUT2D eigenvalue weighted by Crippen LogP contribution is 2.26. The molecule has 1 aliphatic rings. The number of Topliss-reactive ketones (excluding diaryl/α,β-unsaturated/α-hetero) is 1. The fraction of sp³-hybridized carbons (Fsp3) is 0.350. The molecule has 25 heavy (non-hydrogen) atoms. The van der Waals surface area contributed by atoms with Crippen LogP contribution in [0.1, 0.15) is 18.5 Å². The Morgan fingerprint density at radius 1 is 1.16 bits per heavy atom. The van der Waals surface area contributed by atoms with E-state index in [1.807, 2.05) is 17.8 Å². The number of hydrogen-bond donors (Lipinski definition) is 0. The molecule has 1 fully saturated rings. The summed E-state index contributed by atoms with van der Waals surface area (Å²) in [6.07, 6.45) is 6.14. The van der Waals surface area contributed by atoms with Crippen LogP contribution in [0.2, 0.25) is 0 Å². The van der Waals surface area contributed by atoms with Crippen LogP contribution < -0.4 is 0 Å². The molecule has 128 valence electrons. The predicted octanol–water partition coefficient (Wildman–Crippen LogP) is 3.81. The van der Waals surface area contributed by atoms with E-state index in [9.17, 15) is 4.79 Å². The Bertz CT molecular complexity index is 883. The fourth-order valence-corrected chi connectivity index (χ4v) is 4.01. The van der Waals surface area contributed by atoms with Gasteiger partial charge in [-0.1, -0.05) is 12.1 Å². The minimum absolute atomic E-state index is 0.192. The number of benzene rings is 1.